The van der Waals surface area contributed by atoms with Crippen LogP contribution in [0.15, 0.2) is 0 Å². The number of hydrogen-bond donors (Lipinski definition) is 1. The third-order valence-corrected chi connectivity index (χ3v) is 7.00. The van der Waals surface area contributed by atoms with E-state index in [0.717, 1.165) is 32.1 Å². The van der Waals surface area contributed by atoms with Gasteiger partial charge < -0.3 is 10.2 Å². The minimum atomic E-state index is -3.28. The van der Waals surface area contributed by atoms with E-state index >= 15 is 0 Å². The van der Waals surface area contributed by atoms with Crippen LogP contribution in [0.1, 0.15) is 32.1 Å². The summed E-state index contributed by atoms with van der Waals surface area (Å²) in [6, 6.07) is 0. The fourth-order valence-corrected chi connectivity index (χ4v) is 5.39. The van der Waals surface area contributed by atoms with Crippen molar-refractivity contribution in [2.75, 3.05) is 40.3 Å². The summed E-state index contributed by atoms with van der Waals surface area (Å²) in [5.74, 6) is -0.367. The molecule has 1 aliphatic carbocycles. The van der Waals surface area contributed by atoms with Crippen molar-refractivity contribution in [2.45, 2.75) is 37.4 Å². The van der Waals surface area contributed by atoms with E-state index < -0.39 is 10.0 Å². The molecule has 0 unspecified atom stereocenters. The first-order valence-electron chi connectivity index (χ1n) is 7.84. The zero-order valence-electron chi connectivity index (χ0n) is 13.0. The fourth-order valence-electron chi connectivity index (χ4n) is 3.32. The van der Waals surface area contributed by atoms with Gasteiger partial charge in [-0.15, -0.1) is 0 Å². The third kappa shape index (κ3) is 3.96. The van der Waals surface area contributed by atoms with Crippen molar-refractivity contribution in [2.24, 2.45) is 5.92 Å². The number of nitrogens with one attached hydrogen (secondary N) is 1. The Morgan fingerprint density at radius 2 is 1.76 bits per heavy atom. The predicted octanol–water partition coefficient (Wildman–Crippen LogP) is 0.259. The fraction of sp³-hybridized carbons (Fsp3) is 0.929. The maximum atomic E-state index is 12.8. The van der Waals surface area contributed by atoms with E-state index in [1.165, 1.54) is 0 Å². The number of hydrogen-bond acceptors (Lipinski definition) is 4. The molecule has 0 aromatic heterocycles. The molecule has 2 fully saturated rings. The molecule has 21 heavy (non-hydrogen) atoms. The lowest BCUT2D eigenvalue weighted by molar-refractivity contribution is -0.124. The molecule has 0 radical (unpaired) electrons. The molecule has 1 atom stereocenters. The Morgan fingerprint density at radius 3 is 2.38 bits per heavy atom. The first-order valence-corrected chi connectivity index (χ1v) is 9.34. The Bertz CT molecular complexity index is 460. The highest BCUT2D eigenvalue weighted by Crippen LogP contribution is 2.27. The van der Waals surface area contributed by atoms with Gasteiger partial charge in [0, 0.05) is 33.2 Å². The van der Waals surface area contributed by atoms with Gasteiger partial charge in [0.2, 0.25) is 15.9 Å². The summed E-state index contributed by atoms with van der Waals surface area (Å²) in [6.07, 6.45) is 4.65. The topological polar surface area (TPSA) is 69.7 Å². The summed E-state index contributed by atoms with van der Waals surface area (Å²) in [5, 5.41) is 2.40. The van der Waals surface area contributed by atoms with Crippen molar-refractivity contribution in [3.63, 3.8) is 0 Å². The average molecular weight is 317 g/mol. The molecular weight excluding hydrogens is 290 g/mol. The molecular formula is C14H27N3O3S. The number of rotatable bonds is 3. The van der Waals surface area contributed by atoms with E-state index in [2.05, 4.69) is 5.32 Å². The first kappa shape index (κ1) is 16.7. The van der Waals surface area contributed by atoms with Crippen LogP contribution in [0.2, 0.25) is 0 Å². The molecule has 6 nitrogen and oxygen atoms in total. The lowest BCUT2D eigenvalue weighted by Gasteiger charge is -2.29. The van der Waals surface area contributed by atoms with Gasteiger partial charge in [0.1, 0.15) is 0 Å². The number of likely N-dealkylation sites (N-methyl/N-ethyl adjacent to an activating group) is 1. The Hall–Kier alpha value is -0.660. The van der Waals surface area contributed by atoms with E-state index in [4.69, 9.17) is 0 Å². The van der Waals surface area contributed by atoms with Crippen molar-refractivity contribution in [1.82, 2.24) is 14.5 Å². The highest BCUT2D eigenvalue weighted by molar-refractivity contribution is 7.89. The second kappa shape index (κ2) is 7.07. The van der Waals surface area contributed by atoms with Crippen LogP contribution in [-0.4, -0.2) is 69.1 Å². The molecule has 1 saturated heterocycles. The molecule has 1 saturated carbocycles. The zero-order chi connectivity index (χ0) is 15.5. The molecule has 0 spiro atoms. The second-order valence-corrected chi connectivity index (χ2v) is 8.45. The standard InChI is InChI=1S/C14H27N3O3S/c1-15-14(18)12-10-16(2)8-9-17(11-12)21(19,20)13-6-4-3-5-7-13/h12-13H,3-11H2,1-2H3,(H,15,18)/t12-/m0/s1. The van der Waals surface area contributed by atoms with Gasteiger partial charge >= 0.3 is 0 Å². The van der Waals surface area contributed by atoms with Crippen molar-refractivity contribution in [1.29, 1.82) is 0 Å². The normalized spacial score (nSPS) is 27.2. The summed E-state index contributed by atoms with van der Waals surface area (Å²) in [7, 11) is 0.262. The number of nitrogens with zero attached hydrogens (tertiary/aromatic N) is 2. The Morgan fingerprint density at radius 1 is 1.10 bits per heavy atom. The van der Waals surface area contributed by atoms with Crippen molar-refractivity contribution < 1.29 is 13.2 Å². The smallest absolute Gasteiger partial charge is 0.225 e. The monoisotopic (exact) mass is 317 g/mol. The van der Waals surface area contributed by atoms with Gasteiger partial charge in [-0.2, -0.15) is 4.31 Å². The lowest BCUT2D eigenvalue weighted by Crippen LogP contribution is -2.45. The van der Waals surface area contributed by atoms with Crippen molar-refractivity contribution in [3.05, 3.63) is 0 Å². The van der Waals surface area contributed by atoms with Crippen LogP contribution in [0.5, 0.6) is 0 Å². The number of carbonyl (C=O) groups excluding carboxylic acids is 1. The molecule has 1 aliphatic heterocycles. The minimum absolute atomic E-state index is 0.0763. The number of sulfonamides is 1. The third-order valence-electron chi connectivity index (χ3n) is 4.64. The lowest BCUT2D eigenvalue weighted by atomic mass is 10.0. The van der Waals surface area contributed by atoms with Crippen LogP contribution in [0.3, 0.4) is 0 Å². The second-order valence-electron chi connectivity index (χ2n) is 6.24. The summed E-state index contributed by atoms with van der Waals surface area (Å²) in [6.45, 7) is 2.08. The van der Waals surface area contributed by atoms with Gasteiger partial charge in [0.25, 0.3) is 0 Å². The Balaban J connectivity index is 2.14. The van der Waals surface area contributed by atoms with Crippen molar-refractivity contribution in [3.8, 4) is 0 Å². The molecule has 7 heteroatoms. The van der Waals surface area contributed by atoms with E-state index in [1.807, 2.05) is 11.9 Å². The Labute approximate surface area is 127 Å². The van der Waals surface area contributed by atoms with Crippen LogP contribution in [0.25, 0.3) is 0 Å². The quantitative estimate of drug-likeness (QED) is 0.810. The SMILES string of the molecule is CNC(=O)[C@H]1CN(C)CCN(S(=O)(=O)C2CCCCC2)C1. The van der Waals surface area contributed by atoms with E-state index in [9.17, 15) is 13.2 Å². The highest BCUT2D eigenvalue weighted by atomic mass is 32.2. The average Bonchev–Trinajstić information content (AvgIpc) is 2.69. The Kier molecular flexibility index (Phi) is 5.62. The summed E-state index contributed by atoms with van der Waals surface area (Å²) in [5.41, 5.74) is 0. The van der Waals surface area contributed by atoms with Gasteiger partial charge in [-0.05, 0) is 19.9 Å². The number of carbonyl (C=O) groups is 1. The maximum absolute atomic E-state index is 12.8. The summed E-state index contributed by atoms with van der Waals surface area (Å²) in [4.78, 5) is 14.0. The number of amides is 1. The van der Waals surface area contributed by atoms with Gasteiger partial charge in [0.15, 0.2) is 0 Å². The van der Waals surface area contributed by atoms with Crippen LogP contribution in [0.4, 0.5) is 0 Å². The van der Waals surface area contributed by atoms with Crippen LogP contribution in [-0.2, 0) is 14.8 Å². The van der Waals surface area contributed by atoms with Crippen LogP contribution < -0.4 is 5.32 Å². The molecule has 2 rings (SSSR count). The molecule has 0 aromatic carbocycles. The first-order chi connectivity index (χ1) is 9.95. The molecule has 1 amide bonds. The van der Waals surface area contributed by atoms with E-state index in [-0.39, 0.29) is 17.1 Å². The van der Waals surface area contributed by atoms with E-state index in [1.54, 1.807) is 11.4 Å². The molecule has 1 heterocycles. The largest absolute Gasteiger partial charge is 0.359 e. The summed E-state index contributed by atoms with van der Waals surface area (Å²) >= 11 is 0. The highest BCUT2D eigenvalue weighted by Gasteiger charge is 2.37. The zero-order valence-corrected chi connectivity index (χ0v) is 13.9. The maximum Gasteiger partial charge on any atom is 0.225 e. The van der Waals surface area contributed by atoms with Gasteiger partial charge in [-0.1, -0.05) is 19.3 Å². The molecule has 1 N–H and O–H groups in total. The van der Waals surface area contributed by atoms with Crippen molar-refractivity contribution >= 4 is 15.9 Å². The van der Waals surface area contributed by atoms with Gasteiger partial charge in [-0.3, -0.25) is 4.79 Å². The van der Waals surface area contributed by atoms with Crippen LogP contribution >= 0.6 is 0 Å². The summed E-state index contributed by atoms with van der Waals surface area (Å²) < 4.78 is 27.2. The molecule has 122 valence electrons. The van der Waals surface area contributed by atoms with Gasteiger partial charge in [0.05, 0.1) is 11.2 Å². The molecule has 0 aromatic rings. The van der Waals surface area contributed by atoms with E-state index in [0.29, 0.717) is 26.2 Å². The van der Waals surface area contributed by atoms with Crippen LogP contribution in [0, 0.1) is 5.92 Å². The predicted molar refractivity (Wildman–Crippen MR) is 82.4 cm³/mol. The molecule has 0 bridgehead atoms. The molecule has 2 aliphatic rings. The van der Waals surface area contributed by atoms with Gasteiger partial charge in [-0.25, -0.2) is 8.42 Å². The minimum Gasteiger partial charge on any atom is -0.359 e.